The second kappa shape index (κ2) is 4.94. The van der Waals surface area contributed by atoms with Gasteiger partial charge in [0.2, 0.25) is 0 Å². The predicted molar refractivity (Wildman–Crippen MR) is 66.3 cm³/mol. The third kappa shape index (κ3) is 2.80. The van der Waals surface area contributed by atoms with Gasteiger partial charge in [-0.15, -0.1) is 11.8 Å². The standard InChI is InChI=1S/C12H14N2S/c1-15-12-4-2-11(3-5-12)14-9-10-6-7-13-8-10/h2-8,13-14H,9H2,1H3. The number of nitrogens with one attached hydrogen (secondary N) is 2. The molecule has 2 aromatic rings. The van der Waals surface area contributed by atoms with Gasteiger partial charge in [0.05, 0.1) is 0 Å². The molecule has 0 unspecified atom stereocenters. The van der Waals surface area contributed by atoms with Crippen molar-refractivity contribution in [3.63, 3.8) is 0 Å². The van der Waals surface area contributed by atoms with Crippen LogP contribution in [0, 0.1) is 0 Å². The molecule has 0 radical (unpaired) electrons. The Labute approximate surface area is 94.1 Å². The Morgan fingerprint density at radius 3 is 2.60 bits per heavy atom. The van der Waals surface area contributed by atoms with E-state index in [1.54, 1.807) is 11.8 Å². The molecule has 3 heteroatoms. The molecule has 2 rings (SSSR count). The van der Waals surface area contributed by atoms with Crippen LogP contribution in [0.15, 0.2) is 47.6 Å². The Kier molecular flexibility index (Phi) is 3.35. The second-order valence-corrected chi connectivity index (χ2v) is 4.18. The highest BCUT2D eigenvalue weighted by Gasteiger charge is 1.94. The maximum atomic E-state index is 3.37. The highest BCUT2D eigenvalue weighted by molar-refractivity contribution is 7.98. The Hall–Kier alpha value is -1.35. The zero-order valence-electron chi connectivity index (χ0n) is 8.66. The van der Waals surface area contributed by atoms with E-state index in [1.165, 1.54) is 10.5 Å². The highest BCUT2D eigenvalue weighted by atomic mass is 32.2. The number of hydrogen-bond donors (Lipinski definition) is 2. The van der Waals surface area contributed by atoms with Crippen LogP contribution in [0.1, 0.15) is 5.56 Å². The largest absolute Gasteiger partial charge is 0.381 e. The van der Waals surface area contributed by atoms with Gasteiger partial charge in [0.15, 0.2) is 0 Å². The lowest BCUT2D eigenvalue weighted by Gasteiger charge is -2.05. The zero-order chi connectivity index (χ0) is 10.5. The molecule has 1 heterocycles. The molecule has 0 aliphatic rings. The van der Waals surface area contributed by atoms with E-state index in [2.05, 4.69) is 46.9 Å². The van der Waals surface area contributed by atoms with Gasteiger partial charge >= 0.3 is 0 Å². The van der Waals surface area contributed by atoms with Crippen molar-refractivity contribution in [1.82, 2.24) is 4.98 Å². The number of thioether (sulfide) groups is 1. The van der Waals surface area contributed by atoms with E-state index in [1.807, 2.05) is 12.4 Å². The van der Waals surface area contributed by atoms with Crippen molar-refractivity contribution in [2.45, 2.75) is 11.4 Å². The first-order valence-corrected chi connectivity index (χ1v) is 6.10. The third-order valence-corrected chi connectivity index (χ3v) is 2.99. The number of H-pyrrole nitrogens is 1. The number of hydrogen-bond acceptors (Lipinski definition) is 2. The molecule has 1 aromatic heterocycles. The van der Waals surface area contributed by atoms with Gasteiger partial charge in [-0.1, -0.05) is 0 Å². The summed E-state index contributed by atoms with van der Waals surface area (Å²) in [6.07, 6.45) is 6.03. The molecule has 0 amide bonds. The van der Waals surface area contributed by atoms with Gasteiger partial charge in [-0.3, -0.25) is 0 Å². The van der Waals surface area contributed by atoms with E-state index < -0.39 is 0 Å². The average Bonchev–Trinajstić information content (AvgIpc) is 2.80. The van der Waals surface area contributed by atoms with Gasteiger partial charge in [0.25, 0.3) is 0 Å². The number of aromatic nitrogens is 1. The summed E-state index contributed by atoms with van der Waals surface area (Å²) in [7, 11) is 0. The van der Waals surface area contributed by atoms with Crippen LogP contribution in [-0.4, -0.2) is 11.2 Å². The van der Waals surface area contributed by atoms with Crippen molar-refractivity contribution < 1.29 is 0 Å². The third-order valence-electron chi connectivity index (χ3n) is 2.25. The monoisotopic (exact) mass is 218 g/mol. The Balaban J connectivity index is 1.93. The first kappa shape index (κ1) is 10.2. The first-order chi connectivity index (χ1) is 7.38. The highest BCUT2D eigenvalue weighted by Crippen LogP contribution is 2.17. The van der Waals surface area contributed by atoms with Crippen molar-refractivity contribution in [3.8, 4) is 0 Å². The van der Waals surface area contributed by atoms with Crippen molar-refractivity contribution in [3.05, 3.63) is 48.3 Å². The van der Waals surface area contributed by atoms with Crippen LogP contribution in [0.2, 0.25) is 0 Å². The van der Waals surface area contributed by atoms with Crippen molar-refractivity contribution in [2.24, 2.45) is 0 Å². The Bertz CT molecular complexity index is 392. The van der Waals surface area contributed by atoms with Crippen LogP contribution in [-0.2, 0) is 6.54 Å². The Morgan fingerprint density at radius 2 is 2.00 bits per heavy atom. The molecular weight excluding hydrogens is 204 g/mol. The van der Waals surface area contributed by atoms with Gasteiger partial charge in [-0.05, 0) is 42.2 Å². The van der Waals surface area contributed by atoms with E-state index in [0.717, 1.165) is 12.2 Å². The van der Waals surface area contributed by atoms with E-state index in [4.69, 9.17) is 0 Å². The fourth-order valence-electron chi connectivity index (χ4n) is 1.38. The van der Waals surface area contributed by atoms with E-state index in [-0.39, 0.29) is 0 Å². The fraction of sp³-hybridized carbons (Fsp3) is 0.167. The van der Waals surface area contributed by atoms with Crippen LogP contribution >= 0.6 is 11.8 Å². The topological polar surface area (TPSA) is 27.8 Å². The molecule has 15 heavy (non-hydrogen) atoms. The van der Waals surface area contributed by atoms with Crippen molar-refractivity contribution in [1.29, 1.82) is 0 Å². The summed E-state index contributed by atoms with van der Waals surface area (Å²) >= 11 is 1.76. The van der Waals surface area contributed by atoms with Gasteiger partial charge in [0.1, 0.15) is 0 Å². The van der Waals surface area contributed by atoms with Crippen LogP contribution in [0.5, 0.6) is 0 Å². The molecular formula is C12H14N2S. The lowest BCUT2D eigenvalue weighted by atomic mass is 10.3. The molecule has 2 nitrogen and oxygen atoms in total. The number of anilines is 1. The summed E-state index contributed by atoms with van der Waals surface area (Å²) in [6, 6.07) is 10.6. The summed E-state index contributed by atoms with van der Waals surface area (Å²) in [4.78, 5) is 4.33. The SMILES string of the molecule is CSc1ccc(NCc2cc[nH]c2)cc1. The zero-order valence-corrected chi connectivity index (χ0v) is 9.47. The number of rotatable bonds is 4. The van der Waals surface area contributed by atoms with Gasteiger partial charge in [-0.2, -0.15) is 0 Å². The minimum atomic E-state index is 0.863. The molecule has 0 bridgehead atoms. The maximum absolute atomic E-state index is 3.37. The summed E-state index contributed by atoms with van der Waals surface area (Å²) < 4.78 is 0. The van der Waals surface area contributed by atoms with E-state index >= 15 is 0 Å². The predicted octanol–water partition coefficient (Wildman–Crippen LogP) is 3.35. The fourth-order valence-corrected chi connectivity index (χ4v) is 1.79. The summed E-state index contributed by atoms with van der Waals surface area (Å²) in [5.41, 5.74) is 2.43. The smallest absolute Gasteiger partial charge is 0.0415 e. The minimum absolute atomic E-state index is 0.863. The summed E-state index contributed by atoms with van der Waals surface area (Å²) in [5, 5.41) is 3.37. The minimum Gasteiger partial charge on any atom is -0.381 e. The Morgan fingerprint density at radius 1 is 1.20 bits per heavy atom. The molecule has 0 aliphatic heterocycles. The molecule has 78 valence electrons. The van der Waals surface area contributed by atoms with Crippen LogP contribution < -0.4 is 5.32 Å². The molecule has 0 saturated heterocycles. The second-order valence-electron chi connectivity index (χ2n) is 3.30. The van der Waals surface area contributed by atoms with Crippen LogP contribution in [0.4, 0.5) is 5.69 Å². The van der Waals surface area contributed by atoms with E-state index in [0.29, 0.717) is 0 Å². The maximum Gasteiger partial charge on any atom is 0.0415 e. The van der Waals surface area contributed by atoms with Gasteiger partial charge < -0.3 is 10.3 Å². The van der Waals surface area contributed by atoms with Crippen molar-refractivity contribution in [2.75, 3.05) is 11.6 Å². The lowest BCUT2D eigenvalue weighted by molar-refractivity contribution is 1.15. The number of aromatic amines is 1. The normalized spacial score (nSPS) is 10.2. The quantitative estimate of drug-likeness (QED) is 0.770. The summed E-state index contributed by atoms with van der Waals surface area (Å²) in [5.74, 6) is 0. The average molecular weight is 218 g/mol. The molecule has 2 N–H and O–H groups in total. The van der Waals surface area contributed by atoms with Crippen LogP contribution in [0.25, 0.3) is 0 Å². The van der Waals surface area contributed by atoms with Crippen molar-refractivity contribution >= 4 is 17.4 Å². The summed E-state index contributed by atoms with van der Waals surface area (Å²) in [6.45, 7) is 0.863. The van der Waals surface area contributed by atoms with E-state index in [9.17, 15) is 0 Å². The van der Waals surface area contributed by atoms with Gasteiger partial charge in [-0.25, -0.2) is 0 Å². The number of benzene rings is 1. The molecule has 0 atom stereocenters. The first-order valence-electron chi connectivity index (χ1n) is 4.88. The molecule has 0 fully saturated rings. The van der Waals surface area contributed by atoms with Crippen LogP contribution in [0.3, 0.4) is 0 Å². The molecule has 0 spiro atoms. The lowest BCUT2D eigenvalue weighted by Crippen LogP contribution is -1.97. The molecule has 0 aliphatic carbocycles. The van der Waals surface area contributed by atoms with Gasteiger partial charge in [0, 0.05) is 29.5 Å². The molecule has 1 aromatic carbocycles. The molecule has 0 saturated carbocycles.